The Labute approximate surface area is 227 Å². The number of benzene rings is 3. The molecule has 0 aliphatic carbocycles. The maximum Gasteiger partial charge on any atom is 0.573 e. The minimum absolute atomic E-state index is 0.237. The standard InChI is InChI=1S/C28H26ClF3N2O3S/c1-15(2)36-20-11-17(12-21(14-20)37-28(30,31)32)27(3,4)16-9-18(29)13-19(10-16)34-26(35)25-24(33)22-7-5-6-8-23(22)38-25/h5-15H,33H2,1-4H3,(H,34,35). The highest BCUT2D eigenvalue weighted by Crippen LogP contribution is 2.40. The quantitative estimate of drug-likeness (QED) is 0.237. The minimum atomic E-state index is -4.86. The zero-order chi connectivity index (χ0) is 27.8. The van der Waals surface area contributed by atoms with Gasteiger partial charge in [0, 0.05) is 32.3 Å². The first-order chi connectivity index (χ1) is 17.7. The Hall–Kier alpha value is -3.43. The van der Waals surface area contributed by atoms with E-state index in [1.54, 1.807) is 38.1 Å². The summed E-state index contributed by atoms with van der Waals surface area (Å²) >= 11 is 7.70. The molecule has 1 amide bonds. The van der Waals surface area contributed by atoms with E-state index in [0.29, 0.717) is 32.4 Å². The normalized spacial score (nSPS) is 12.1. The molecule has 0 aliphatic heterocycles. The van der Waals surface area contributed by atoms with E-state index in [1.165, 1.54) is 23.5 Å². The number of halogens is 4. The molecule has 0 fully saturated rings. The minimum Gasteiger partial charge on any atom is -0.491 e. The second-order valence-electron chi connectivity index (χ2n) is 9.56. The Morgan fingerprint density at radius 1 is 1.00 bits per heavy atom. The van der Waals surface area contributed by atoms with Crippen molar-refractivity contribution in [2.75, 3.05) is 11.1 Å². The summed E-state index contributed by atoms with van der Waals surface area (Å²) in [4.78, 5) is 13.5. The van der Waals surface area contributed by atoms with Crippen molar-refractivity contribution in [2.45, 2.75) is 45.6 Å². The van der Waals surface area contributed by atoms with Crippen LogP contribution in [-0.2, 0) is 5.41 Å². The smallest absolute Gasteiger partial charge is 0.491 e. The lowest BCUT2D eigenvalue weighted by Gasteiger charge is -2.28. The third-order valence-electron chi connectivity index (χ3n) is 5.92. The molecule has 0 radical (unpaired) electrons. The summed E-state index contributed by atoms with van der Waals surface area (Å²) < 4.78 is 49.8. The first-order valence-corrected chi connectivity index (χ1v) is 12.9. The van der Waals surface area contributed by atoms with E-state index in [1.807, 2.05) is 38.1 Å². The van der Waals surface area contributed by atoms with Crippen molar-refractivity contribution in [2.24, 2.45) is 0 Å². The maximum absolute atomic E-state index is 13.1. The average Bonchev–Trinajstić information content (AvgIpc) is 3.14. The van der Waals surface area contributed by atoms with Gasteiger partial charge in [0.15, 0.2) is 0 Å². The fourth-order valence-corrected chi connectivity index (χ4v) is 5.33. The number of ether oxygens (including phenoxy) is 2. The van der Waals surface area contributed by atoms with Crippen molar-refractivity contribution >= 4 is 50.3 Å². The Kier molecular flexibility index (Phi) is 7.54. The number of nitrogen functional groups attached to an aromatic ring is 1. The van der Waals surface area contributed by atoms with Gasteiger partial charge < -0.3 is 20.5 Å². The van der Waals surface area contributed by atoms with Gasteiger partial charge in [0.2, 0.25) is 0 Å². The summed E-state index contributed by atoms with van der Waals surface area (Å²) in [6.07, 6.45) is -5.12. The number of hydrogen-bond acceptors (Lipinski definition) is 5. The topological polar surface area (TPSA) is 73.6 Å². The second kappa shape index (κ2) is 10.4. The summed E-state index contributed by atoms with van der Waals surface area (Å²) in [5, 5.41) is 4.00. The Bertz CT molecular complexity index is 1500. The molecule has 38 heavy (non-hydrogen) atoms. The van der Waals surface area contributed by atoms with Crippen LogP contribution in [0.1, 0.15) is 48.5 Å². The molecule has 4 rings (SSSR count). The first kappa shape index (κ1) is 27.6. The SMILES string of the molecule is CC(C)Oc1cc(OC(F)(F)F)cc(C(C)(C)c2cc(Cl)cc(NC(=O)c3sc4ccccc4c3N)c2)c1. The molecule has 0 atom stereocenters. The van der Waals surface area contributed by atoms with Crippen LogP contribution in [0.25, 0.3) is 10.1 Å². The van der Waals surface area contributed by atoms with E-state index >= 15 is 0 Å². The molecule has 0 unspecified atom stereocenters. The van der Waals surface area contributed by atoms with Crippen molar-refractivity contribution in [1.29, 1.82) is 0 Å². The second-order valence-corrected chi connectivity index (χ2v) is 11.0. The van der Waals surface area contributed by atoms with Crippen molar-refractivity contribution in [1.82, 2.24) is 0 Å². The Morgan fingerprint density at radius 2 is 1.66 bits per heavy atom. The first-order valence-electron chi connectivity index (χ1n) is 11.7. The molecule has 200 valence electrons. The van der Waals surface area contributed by atoms with E-state index in [0.717, 1.165) is 10.1 Å². The predicted molar refractivity (Wildman–Crippen MR) is 147 cm³/mol. The van der Waals surface area contributed by atoms with Crippen molar-refractivity contribution in [3.8, 4) is 11.5 Å². The predicted octanol–water partition coefficient (Wildman–Crippen LogP) is 8.40. The highest BCUT2D eigenvalue weighted by Gasteiger charge is 2.33. The van der Waals surface area contributed by atoms with Crippen LogP contribution in [0.5, 0.6) is 11.5 Å². The van der Waals surface area contributed by atoms with Gasteiger partial charge in [-0.25, -0.2) is 0 Å². The van der Waals surface area contributed by atoms with Crippen molar-refractivity contribution < 1.29 is 27.4 Å². The van der Waals surface area contributed by atoms with E-state index < -0.39 is 17.5 Å². The van der Waals surface area contributed by atoms with Gasteiger partial charge in [-0.2, -0.15) is 0 Å². The van der Waals surface area contributed by atoms with Crippen LogP contribution >= 0.6 is 22.9 Å². The van der Waals surface area contributed by atoms with Crippen molar-refractivity contribution in [3.63, 3.8) is 0 Å². The lowest BCUT2D eigenvalue weighted by Crippen LogP contribution is -2.22. The van der Waals surface area contributed by atoms with Gasteiger partial charge in [-0.15, -0.1) is 24.5 Å². The molecule has 0 saturated carbocycles. The van der Waals surface area contributed by atoms with Gasteiger partial charge in [0.1, 0.15) is 16.4 Å². The third kappa shape index (κ3) is 6.16. The number of nitrogens with two attached hydrogens (primary N) is 1. The summed E-state index contributed by atoms with van der Waals surface area (Å²) in [6, 6.07) is 16.7. The molecular weight excluding hydrogens is 537 g/mol. The van der Waals surface area contributed by atoms with Crippen LogP contribution in [0, 0.1) is 0 Å². The zero-order valence-corrected chi connectivity index (χ0v) is 22.6. The van der Waals surface area contributed by atoms with Crippen LogP contribution in [0.2, 0.25) is 5.02 Å². The molecule has 3 N–H and O–H groups in total. The fourth-order valence-electron chi connectivity index (χ4n) is 4.08. The van der Waals surface area contributed by atoms with Gasteiger partial charge in [-0.1, -0.05) is 43.6 Å². The number of amides is 1. The van der Waals surface area contributed by atoms with Crippen LogP contribution in [-0.4, -0.2) is 18.4 Å². The van der Waals surface area contributed by atoms with Gasteiger partial charge in [0.05, 0.1) is 11.8 Å². The number of rotatable bonds is 7. The molecule has 0 aliphatic rings. The number of nitrogens with one attached hydrogen (secondary N) is 1. The zero-order valence-electron chi connectivity index (χ0n) is 21.1. The molecule has 0 bridgehead atoms. The van der Waals surface area contributed by atoms with E-state index in [9.17, 15) is 18.0 Å². The van der Waals surface area contributed by atoms with Crippen LogP contribution in [0.3, 0.4) is 0 Å². The number of thiophene rings is 1. The highest BCUT2D eigenvalue weighted by atomic mass is 35.5. The molecule has 0 spiro atoms. The molecule has 4 aromatic rings. The number of anilines is 2. The summed E-state index contributed by atoms with van der Waals surface area (Å²) in [5.41, 5.74) is 7.35. The molecular formula is C28H26ClF3N2O3S. The van der Waals surface area contributed by atoms with Crippen LogP contribution < -0.4 is 20.5 Å². The van der Waals surface area contributed by atoms with E-state index in [4.69, 9.17) is 22.1 Å². The van der Waals surface area contributed by atoms with Gasteiger partial charge in [-0.05, 0) is 61.4 Å². The Morgan fingerprint density at radius 3 is 2.32 bits per heavy atom. The van der Waals surface area contributed by atoms with Crippen LogP contribution in [0.15, 0.2) is 60.7 Å². The maximum atomic E-state index is 13.1. The molecule has 1 aromatic heterocycles. The molecule has 10 heteroatoms. The molecule has 1 heterocycles. The summed E-state index contributed by atoms with van der Waals surface area (Å²) in [7, 11) is 0. The van der Waals surface area contributed by atoms with Gasteiger partial charge in [0.25, 0.3) is 5.91 Å². The highest BCUT2D eigenvalue weighted by molar-refractivity contribution is 7.21. The summed E-state index contributed by atoms with van der Waals surface area (Å²) in [5.74, 6) is -0.543. The molecule has 5 nitrogen and oxygen atoms in total. The van der Waals surface area contributed by atoms with E-state index in [2.05, 4.69) is 10.1 Å². The largest absolute Gasteiger partial charge is 0.573 e. The fraction of sp³-hybridized carbons (Fsp3) is 0.250. The van der Waals surface area contributed by atoms with Crippen molar-refractivity contribution in [3.05, 3.63) is 81.7 Å². The van der Waals surface area contributed by atoms with Gasteiger partial charge >= 0.3 is 6.36 Å². The third-order valence-corrected chi connectivity index (χ3v) is 7.33. The molecule has 3 aromatic carbocycles. The van der Waals surface area contributed by atoms with Crippen LogP contribution in [0.4, 0.5) is 24.5 Å². The Balaban J connectivity index is 1.70. The number of carbonyl (C=O) groups is 1. The monoisotopic (exact) mass is 562 g/mol. The molecule has 0 saturated heterocycles. The number of fused-ring (bicyclic) bond motifs is 1. The number of carbonyl (C=O) groups excluding carboxylic acids is 1. The average molecular weight is 563 g/mol. The number of alkyl halides is 3. The van der Waals surface area contributed by atoms with Gasteiger partial charge in [-0.3, -0.25) is 4.79 Å². The number of hydrogen-bond donors (Lipinski definition) is 2. The lowest BCUT2D eigenvalue weighted by molar-refractivity contribution is -0.274. The lowest BCUT2D eigenvalue weighted by atomic mass is 9.78. The summed E-state index contributed by atoms with van der Waals surface area (Å²) in [6.45, 7) is 7.22. The van der Waals surface area contributed by atoms with E-state index in [-0.39, 0.29) is 17.8 Å².